The highest BCUT2D eigenvalue weighted by Crippen LogP contribution is 2.23. The molecule has 0 saturated carbocycles. The lowest BCUT2D eigenvalue weighted by Crippen LogP contribution is -2.05. The fourth-order valence-corrected chi connectivity index (χ4v) is 1.79. The summed E-state index contributed by atoms with van der Waals surface area (Å²) in [6.45, 7) is 6.48. The number of benzene rings is 1. The van der Waals surface area contributed by atoms with Gasteiger partial charge in [-0.1, -0.05) is 26.0 Å². The lowest BCUT2D eigenvalue weighted by molar-refractivity contribution is -0.143. The Balaban J connectivity index is 0.00000289. The highest BCUT2D eigenvalue weighted by molar-refractivity contribution is 5.85. The molecule has 2 N–H and O–H groups in total. The van der Waals surface area contributed by atoms with Crippen LogP contribution in [-0.4, -0.2) is 12.6 Å². The average molecular weight is 272 g/mol. The maximum Gasteiger partial charge on any atom is 0.306 e. The van der Waals surface area contributed by atoms with E-state index in [4.69, 9.17) is 10.5 Å². The third-order valence-corrected chi connectivity index (χ3v) is 2.70. The first kappa shape index (κ1) is 16.8. The number of nitrogen functional groups attached to an aromatic ring is 1. The molecule has 102 valence electrons. The predicted molar refractivity (Wildman–Crippen MR) is 77.1 cm³/mol. The van der Waals surface area contributed by atoms with E-state index in [0.29, 0.717) is 25.4 Å². The second-order valence-electron chi connectivity index (χ2n) is 4.42. The molecular weight excluding hydrogens is 250 g/mol. The van der Waals surface area contributed by atoms with Crippen LogP contribution in [0.2, 0.25) is 0 Å². The minimum atomic E-state index is -0.154. The summed E-state index contributed by atoms with van der Waals surface area (Å²) >= 11 is 0. The van der Waals surface area contributed by atoms with Crippen LogP contribution in [0.4, 0.5) is 5.69 Å². The summed E-state index contributed by atoms with van der Waals surface area (Å²) in [7, 11) is 0. The van der Waals surface area contributed by atoms with E-state index in [1.54, 1.807) is 0 Å². The van der Waals surface area contributed by atoms with E-state index in [1.165, 1.54) is 0 Å². The van der Waals surface area contributed by atoms with Crippen molar-refractivity contribution in [1.29, 1.82) is 0 Å². The van der Waals surface area contributed by atoms with Crippen LogP contribution in [0.5, 0.6) is 0 Å². The first-order valence-electron chi connectivity index (χ1n) is 6.08. The number of nitrogens with two attached hydrogens (primary N) is 1. The summed E-state index contributed by atoms with van der Waals surface area (Å²) in [4.78, 5) is 11.2. The molecule has 1 aromatic rings. The summed E-state index contributed by atoms with van der Waals surface area (Å²) in [5.74, 6) is 0.271. The molecule has 0 fully saturated rings. The molecule has 1 rings (SSSR count). The maximum atomic E-state index is 11.2. The van der Waals surface area contributed by atoms with Crippen LogP contribution in [0, 0.1) is 0 Å². The highest BCUT2D eigenvalue weighted by atomic mass is 35.5. The van der Waals surface area contributed by atoms with Gasteiger partial charge < -0.3 is 10.5 Å². The van der Waals surface area contributed by atoms with Crippen molar-refractivity contribution in [3.8, 4) is 0 Å². The second-order valence-corrected chi connectivity index (χ2v) is 4.42. The lowest BCUT2D eigenvalue weighted by Gasteiger charge is -2.11. The fraction of sp³-hybridized carbons (Fsp3) is 0.500. The van der Waals surface area contributed by atoms with Gasteiger partial charge in [-0.25, -0.2) is 0 Å². The van der Waals surface area contributed by atoms with Gasteiger partial charge in [0.2, 0.25) is 0 Å². The van der Waals surface area contributed by atoms with E-state index in [2.05, 4.69) is 13.8 Å². The highest BCUT2D eigenvalue weighted by Gasteiger charge is 2.07. The quantitative estimate of drug-likeness (QED) is 0.660. The molecular formula is C14H22ClNO2. The van der Waals surface area contributed by atoms with Gasteiger partial charge in [0.1, 0.15) is 0 Å². The fourth-order valence-electron chi connectivity index (χ4n) is 1.79. The number of esters is 1. The van der Waals surface area contributed by atoms with Gasteiger partial charge in [0.15, 0.2) is 0 Å². The molecule has 0 heterocycles. The Kier molecular flexibility index (Phi) is 7.44. The van der Waals surface area contributed by atoms with E-state index >= 15 is 0 Å². The molecule has 0 bridgehead atoms. The van der Waals surface area contributed by atoms with Crippen molar-refractivity contribution in [2.24, 2.45) is 0 Å². The van der Waals surface area contributed by atoms with Crippen molar-refractivity contribution in [2.45, 2.75) is 39.5 Å². The molecule has 0 unspecified atom stereocenters. The van der Waals surface area contributed by atoms with Crippen LogP contribution in [-0.2, 0) is 16.0 Å². The topological polar surface area (TPSA) is 52.3 Å². The third kappa shape index (κ3) is 4.96. The third-order valence-electron chi connectivity index (χ3n) is 2.70. The van der Waals surface area contributed by atoms with Crippen LogP contribution >= 0.6 is 12.4 Å². The minimum Gasteiger partial charge on any atom is -0.466 e. The Bertz CT molecular complexity index is 391. The van der Waals surface area contributed by atoms with E-state index in [1.807, 2.05) is 25.1 Å². The van der Waals surface area contributed by atoms with E-state index < -0.39 is 0 Å². The van der Waals surface area contributed by atoms with E-state index in [0.717, 1.165) is 16.8 Å². The summed E-state index contributed by atoms with van der Waals surface area (Å²) in [5, 5.41) is 0. The van der Waals surface area contributed by atoms with Gasteiger partial charge in [-0.2, -0.15) is 0 Å². The largest absolute Gasteiger partial charge is 0.466 e. The van der Waals surface area contributed by atoms with E-state index in [-0.39, 0.29) is 18.4 Å². The number of ether oxygens (including phenoxy) is 1. The SMILES string of the molecule is CCOC(=O)CCc1ccc(C(C)C)c(N)c1.Cl. The number of aryl methyl sites for hydroxylation is 1. The summed E-state index contributed by atoms with van der Waals surface area (Å²) < 4.78 is 4.89. The Morgan fingerprint density at radius 2 is 2.06 bits per heavy atom. The minimum absolute atomic E-state index is 0. The van der Waals surface area contributed by atoms with Crippen molar-refractivity contribution in [1.82, 2.24) is 0 Å². The monoisotopic (exact) mass is 271 g/mol. The van der Waals surface area contributed by atoms with Gasteiger partial charge in [0.05, 0.1) is 6.61 Å². The first-order chi connectivity index (χ1) is 8.04. The normalized spacial score (nSPS) is 10.0. The Hall–Kier alpha value is -1.22. The molecule has 0 aliphatic carbocycles. The Labute approximate surface area is 115 Å². The van der Waals surface area contributed by atoms with Gasteiger partial charge in [0.25, 0.3) is 0 Å². The standard InChI is InChI=1S/C14H21NO2.ClH/c1-4-17-14(16)8-6-11-5-7-12(10(2)3)13(15)9-11;/h5,7,9-10H,4,6,8,15H2,1-3H3;1H. The molecule has 18 heavy (non-hydrogen) atoms. The maximum absolute atomic E-state index is 11.2. The average Bonchev–Trinajstić information content (AvgIpc) is 2.26. The number of carbonyl (C=O) groups excluding carboxylic acids is 1. The smallest absolute Gasteiger partial charge is 0.306 e. The predicted octanol–water partition coefficient (Wildman–Crippen LogP) is 3.31. The molecule has 0 saturated heterocycles. The molecule has 0 spiro atoms. The van der Waals surface area contributed by atoms with Crippen molar-refractivity contribution >= 4 is 24.1 Å². The molecule has 1 aromatic carbocycles. The summed E-state index contributed by atoms with van der Waals surface area (Å²) in [6.07, 6.45) is 1.09. The molecule has 0 aromatic heterocycles. The van der Waals surface area contributed by atoms with Crippen LogP contribution < -0.4 is 5.73 Å². The number of anilines is 1. The molecule has 0 aliphatic heterocycles. The number of hydrogen-bond acceptors (Lipinski definition) is 3. The van der Waals surface area contributed by atoms with Gasteiger partial charge >= 0.3 is 5.97 Å². The molecule has 3 nitrogen and oxygen atoms in total. The number of rotatable bonds is 5. The second kappa shape index (κ2) is 7.98. The van der Waals surface area contributed by atoms with Crippen LogP contribution in [0.15, 0.2) is 18.2 Å². The molecule has 0 radical (unpaired) electrons. The Morgan fingerprint density at radius 3 is 2.56 bits per heavy atom. The van der Waals surface area contributed by atoms with Crippen molar-refractivity contribution in [2.75, 3.05) is 12.3 Å². The van der Waals surface area contributed by atoms with Crippen molar-refractivity contribution in [3.05, 3.63) is 29.3 Å². The summed E-state index contributed by atoms with van der Waals surface area (Å²) in [6, 6.07) is 6.03. The van der Waals surface area contributed by atoms with Crippen molar-refractivity contribution < 1.29 is 9.53 Å². The van der Waals surface area contributed by atoms with E-state index in [9.17, 15) is 4.79 Å². The molecule has 0 amide bonds. The van der Waals surface area contributed by atoms with Gasteiger partial charge in [-0.3, -0.25) is 4.79 Å². The molecule has 4 heteroatoms. The number of carbonyl (C=O) groups is 1. The Morgan fingerprint density at radius 1 is 1.39 bits per heavy atom. The van der Waals surface area contributed by atoms with Crippen LogP contribution in [0.25, 0.3) is 0 Å². The van der Waals surface area contributed by atoms with Crippen LogP contribution in [0.3, 0.4) is 0 Å². The van der Waals surface area contributed by atoms with Crippen molar-refractivity contribution in [3.63, 3.8) is 0 Å². The van der Waals surface area contributed by atoms with Crippen LogP contribution in [0.1, 0.15) is 44.2 Å². The molecule has 0 aliphatic rings. The number of hydrogen-bond donors (Lipinski definition) is 1. The van der Waals surface area contributed by atoms with Gasteiger partial charge in [-0.15, -0.1) is 12.4 Å². The summed E-state index contributed by atoms with van der Waals surface area (Å²) in [5.41, 5.74) is 9.02. The van der Waals surface area contributed by atoms with Gasteiger partial charge in [0, 0.05) is 12.1 Å². The first-order valence-corrected chi connectivity index (χ1v) is 6.08. The van der Waals surface area contributed by atoms with Gasteiger partial charge in [-0.05, 0) is 36.5 Å². The lowest BCUT2D eigenvalue weighted by atomic mass is 9.98. The number of halogens is 1. The molecule has 0 atom stereocenters. The zero-order chi connectivity index (χ0) is 12.8. The zero-order valence-corrected chi connectivity index (χ0v) is 12.0. The zero-order valence-electron chi connectivity index (χ0n) is 11.2.